The molecule has 24 heavy (non-hydrogen) atoms. The Kier molecular flexibility index (Phi) is 5.40. The van der Waals surface area contributed by atoms with E-state index in [0.717, 1.165) is 0 Å². The van der Waals surface area contributed by atoms with E-state index in [1.165, 1.54) is 40.9 Å². The van der Waals surface area contributed by atoms with Crippen LogP contribution in [0.25, 0.3) is 0 Å². The average molecular weight is 353 g/mol. The Balaban J connectivity index is 2.29. The van der Waals surface area contributed by atoms with Crippen molar-refractivity contribution in [2.75, 3.05) is 13.6 Å². The minimum Gasteiger partial charge on any atom is -0.345 e. The molecule has 0 aliphatic rings. The molecule has 0 unspecified atom stereocenters. The van der Waals surface area contributed by atoms with Crippen LogP contribution in [0.3, 0.4) is 0 Å². The largest absolute Gasteiger partial charge is 0.345 e. The Bertz CT molecular complexity index is 846. The summed E-state index contributed by atoms with van der Waals surface area (Å²) in [7, 11) is -0.701. The van der Waals surface area contributed by atoms with Gasteiger partial charge >= 0.3 is 0 Å². The molecule has 2 aromatic rings. The number of halogens is 1. The average Bonchev–Trinajstić information content (AvgIpc) is 2.94. The molecular formula is C16H20FN3O3S. The quantitative estimate of drug-likeness (QED) is 0.860. The first kappa shape index (κ1) is 18.2. The first-order valence-electron chi connectivity index (χ1n) is 7.42. The monoisotopic (exact) mass is 353 g/mol. The van der Waals surface area contributed by atoms with Crippen molar-refractivity contribution >= 4 is 15.9 Å². The van der Waals surface area contributed by atoms with E-state index < -0.39 is 10.0 Å². The van der Waals surface area contributed by atoms with Crippen LogP contribution in [0.2, 0.25) is 0 Å². The number of carbonyl (C=O) groups is 1. The number of sulfonamides is 1. The second kappa shape index (κ2) is 7.14. The van der Waals surface area contributed by atoms with Gasteiger partial charge in [0.15, 0.2) is 0 Å². The van der Waals surface area contributed by atoms with E-state index >= 15 is 0 Å². The predicted octanol–water partition coefficient (Wildman–Crippen LogP) is 1.73. The van der Waals surface area contributed by atoms with Crippen LogP contribution in [0, 0.1) is 5.82 Å². The van der Waals surface area contributed by atoms with Crippen molar-refractivity contribution in [2.24, 2.45) is 7.05 Å². The van der Waals surface area contributed by atoms with E-state index in [1.807, 2.05) is 6.92 Å². The third-order valence-corrected chi connectivity index (χ3v) is 5.09. The van der Waals surface area contributed by atoms with Crippen LogP contribution in [-0.2, 0) is 23.6 Å². The van der Waals surface area contributed by atoms with Gasteiger partial charge in [-0.2, -0.15) is 0 Å². The molecule has 0 saturated carbocycles. The second-order valence-corrected chi connectivity index (χ2v) is 7.22. The molecule has 1 aromatic carbocycles. The van der Waals surface area contributed by atoms with Crippen LogP contribution in [0.1, 0.15) is 23.0 Å². The fourth-order valence-electron chi connectivity index (χ4n) is 2.36. The standard InChI is InChI=1S/C16H20FN3O3S/c1-4-20(10-12-6-5-7-13(17)8-12)16(21)15-9-14(11-19(15)3)24(22,23)18-2/h5-9,11,18H,4,10H2,1-3H3. The molecule has 1 aromatic heterocycles. The number of amides is 1. The molecule has 130 valence electrons. The highest BCUT2D eigenvalue weighted by Crippen LogP contribution is 2.16. The van der Waals surface area contributed by atoms with Gasteiger partial charge in [0.1, 0.15) is 16.4 Å². The van der Waals surface area contributed by atoms with Crippen LogP contribution in [-0.4, -0.2) is 37.4 Å². The van der Waals surface area contributed by atoms with Gasteiger partial charge in [0.25, 0.3) is 5.91 Å². The van der Waals surface area contributed by atoms with E-state index in [1.54, 1.807) is 19.2 Å². The lowest BCUT2D eigenvalue weighted by Gasteiger charge is -2.21. The number of aromatic nitrogens is 1. The Morgan fingerprint density at radius 1 is 1.33 bits per heavy atom. The number of nitrogens with one attached hydrogen (secondary N) is 1. The van der Waals surface area contributed by atoms with Crippen LogP contribution in [0.15, 0.2) is 41.4 Å². The molecule has 8 heteroatoms. The van der Waals surface area contributed by atoms with Gasteiger partial charge in [-0.15, -0.1) is 0 Å². The number of hydrogen-bond donors (Lipinski definition) is 1. The van der Waals surface area contributed by atoms with Crippen molar-refractivity contribution < 1.29 is 17.6 Å². The zero-order valence-electron chi connectivity index (χ0n) is 13.8. The van der Waals surface area contributed by atoms with E-state index in [4.69, 9.17) is 0 Å². The zero-order valence-corrected chi connectivity index (χ0v) is 14.6. The van der Waals surface area contributed by atoms with Gasteiger partial charge in [-0.3, -0.25) is 4.79 Å². The molecule has 0 saturated heterocycles. The smallest absolute Gasteiger partial charge is 0.270 e. The van der Waals surface area contributed by atoms with Gasteiger partial charge in [-0.05, 0) is 37.7 Å². The fourth-order valence-corrected chi connectivity index (χ4v) is 3.16. The lowest BCUT2D eigenvalue weighted by Crippen LogP contribution is -2.31. The normalized spacial score (nSPS) is 11.5. The SMILES string of the molecule is CCN(Cc1cccc(F)c1)C(=O)c1cc(S(=O)(=O)NC)cn1C. The molecule has 0 atom stereocenters. The van der Waals surface area contributed by atoms with Crippen molar-refractivity contribution in [2.45, 2.75) is 18.4 Å². The van der Waals surface area contributed by atoms with Gasteiger partial charge in [-0.1, -0.05) is 12.1 Å². The molecule has 0 bridgehead atoms. The molecule has 0 radical (unpaired) electrons. The first-order valence-corrected chi connectivity index (χ1v) is 8.90. The summed E-state index contributed by atoms with van der Waals surface area (Å²) in [5, 5.41) is 0. The maximum Gasteiger partial charge on any atom is 0.270 e. The van der Waals surface area contributed by atoms with Crippen LogP contribution < -0.4 is 4.72 Å². The molecule has 0 spiro atoms. The number of carbonyl (C=O) groups excluding carboxylic acids is 1. The zero-order chi connectivity index (χ0) is 17.9. The fraction of sp³-hybridized carbons (Fsp3) is 0.312. The molecule has 1 amide bonds. The van der Waals surface area contributed by atoms with Crippen molar-refractivity contribution in [1.82, 2.24) is 14.2 Å². The van der Waals surface area contributed by atoms with Crippen molar-refractivity contribution in [3.63, 3.8) is 0 Å². The maximum absolute atomic E-state index is 13.3. The molecule has 0 aliphatic carbocycles. The van der Waals surface area contributed by atoms with E-state index in [9.17, 15) is 17.6 Å². The maximum atomic E-state index is 13.3. The predicted molar refractivity (Wildman–Crippen MR) is 88.5 cm³/mol. The number of nitrogens with zero attached hydrogens (tertiary/aromatic N) is 2. The highest BCUT2D eigenvalue weighted by Gasteiger charge is 2.22. The van der Waals surface area contributed by atoms with Gasteiger partial charge in [0, 0.05) is 26.3 Å². The van der Waals surface area contributed by atoms with E-state index in [-0.39, 0.29) is 28.9 Å². The Labute approximate surface area is 140 Å². The Morgan fingerprint density at radius 2 is 2.04 bits per heavy atom. The Morgan fingerprint density at radius 3 is 2.62 bits per heavy atom. The van der Waals surface area contributed by atoms with Crippen molar-refractivity contribution in [1.29, 1.82) is 0 Å². The summed E-state index contributed by atoms with van der Waals surface area (Å²) in [5.41, 5.74) is 0.921. The van der Waals surface area contributed by atoms with E-state index in [0.29, 0.717) is 12.1 Å². The second-order valence-electron chi connectivity index (χ2n) is 5.33. The highest BCUT2D eigenvalue weighted by molar-refractivity contribution is 7.89. The molecule has 6 nitrogen and oxygen atoms in total. The molecule has 1 heterocycles. The van der Waals surface area contributed by atoms with Crippen LogP contribution in [0.5, 0.6) is 0 Å². The minimum atomic E-state index is -3.62. The molecular weight excluding hydrogens is 333 g/mol. The molecule has 0 aliphatic heterocycles. The summed E-state index contributed by atoms with van der Waals surface area (Å²) < 4.78 is 40.7. The summed E-state index contributed by atoms with van der Waals surface area (Å²) in [5.74, 6) is -0.681. The number of hydrogen-bond acceptors (Lipinski definition) is 3. The third-order valence-electron chi connectivity index (χ3n) is 3.71. The van der Waals surface area contributed by atoms with Gasteiger partial charge in [0.05, 0.1) is 0 Å². The summed E-state index contributed by atoms with van der Waals surface area (Å²) in [6, 6.07) is 7.37. The summed E-state index contributed by atoms with van der Waals surface area (Å²) in [6.45, 7) is 2.46. The first-order chi connectivity index (χ1) is 11.3. The lowest BCUT2D eigenvalue weighted by atomic mass is 10.2. The summed E-state index contributed by atoms with van der Waals surface area (Å²) in [4.78, 5) is 14.3. The summed E-state index contributed by atoms with van der Waals surface area (Å²) >= 11 is 0. The third kappa shape index (κ3) is 3.82. The number of benzene rings is 1. The summed E-state index contributed by atoms with van der Waals surface area (Å²) in [6.07, 6.45) is 1.38. The molecule has 0 fully saturated rings. The minimum absolute atomic E-state index is 0.0256. The molecule has 2 rings (SSSR count). The van der Waals surface area contributed by atoms with Crippen LogP contribution in [0.4, 0.5) is 4.39 Å². The van der Waals surface area contributed by atoms with E-state index in [2.05, 4.69) is 4.72 Å². The van der Waals surface area contributed by atoms with Gasteiger partial charge in [-0.25, -0.2) is 17.5 Å². The number of aryl methyl sites for hydroxylation is 1. The number of rotatable bonds is 6. The van der Waals surface area contributed by atoms with Crippen molar-refractivity contribution in [3.8, 4) is 0 Å². The van der Waals surface area contributed by atoms with Gasteiger partial charge in [0.2, 0.25) is 10.0 Å². The van der Waals surface area contributed by atoms with Crippen molar-refractivity contribution in [3.05, 3.63) is 53.6 Å². The topological polar surface area (TPSA) is 71.4 Å². The van der Waals surface area contributed by atoms with Crippen LogP contribution >= 0.6 is 0 Å². The lowest BCUT2D eigenvalue weighted by molar-refractivity contribution is 0.0742. The Hall–Kier alpha value is -2.19. The highest BCUT2D eigenvalue weighted by atomic mass is 32.2. The molecule has 1 N–H and O–H groups in total. The van der Waals surface area contributed by atoms with Gasteiger partial charge < -0.3 is 9.47 Å².